The molecule has 2 aromatic carbocycles. The standard InChI is InChI=1S/C21H24N2O3/c22-11-14-7-8-23(12-14)18-9-15-3-1-2-4-17(15)21(18)26-16-5-6-19-20(10-16)25-13-24-19/h1-6,10,14,18,21H,7-9,11-13,22H2/t14?,18-,21-/m1/s1. The van der Waals surface area contributed by atoms with E-state index in [2.05, 4.69) is 29.2 Å². The molecule has 5 rings (SSSR count). The Bertz CT molecular complexity index is 810. The molecule has 2 aromatic rings. The minimum absolute atomic E-state index is 0.0306. The van der Waals surface area contributed by atoms with E-state index in [-0.39, 0.29) is 12.9 Å². The molecular weight excluding hydrogens is 328 g/mol. The molecule has 0 aromatic heterocycles. The summed E-state index contributed by atoms with van der Waals surface area (Å²) >= 11 is 0. The monoisotopic (exact) mass is 352 g/mol. The molecule has 5 heteroatoms. The van der Waals surface area contributed by atoms with Gasteiger partial charge >= 0.3 is 0 Å². The molecule has 3 atom stereocenters. The van der Waals surface area contributed by atoms with Gasteiger partial charge in [-0.1, -0.05) is 24.3 Å². The minimum atomic E-state index is 0.0306. The summed E-state index contributed by atoms with van der Waals surface area (Å²) in [4.78, 5) is 2.56. The highest BCUT2D eigenvalue weighted by atomic mass is 16.7. The van der Waals surface area contributed by atoms with Gasteiger partial charge in [0.05, 0.1) is 6.04 Å². The van der Waals surface area contributed by atoms with Gasteiger partial charge in [-0.25, -0.2) is 0 Å². The molecule has 1 aliphatic carbocycles. The topological polar surface area (TPSA) is 57.0 Å². The zero-order valence-electron chi connectivity index (χ0n) is 14.8. The Hall–Kier alpha value is -2.24. The zero-order valence-corrected chi connectivity index (χ0v) is 14.8. The summed E-state index contributed by atoms with van der Waals surface area (Å²) < 4.78 is 17.4. The van der Waals surface area contributed by atoms with Crippen molar-refractivity contribution >= 4 is 0 Å². The number of hydrogen-bond acceptors (Lipinski definition) is 5. The van der Waals surface area contributed by atoms with Crippen molar-refractivity contribution in [3.63, 3.8) is 0 Å². The first kappa shape index (κ1) is 16.0. The second-order valence-corrected chi connectivity index (χ2v) is 7.41. The SMILES string of the molecule is NCC1CCN([C@@H]2Cc3ccccc3[C@H]2Oc2ccc3c(c2)OCO3)C1. The highest BCUT2D eigenvalue weighted by Crippen LogP contribution is 2.42. The number of ether oxygens (including phenoxy) is 3. The van der Waals surface area contributed by atoms with Gasteiger partial charge < -0.3 is 19.9 Å². The van der Waals surface area contributed by atoms with Crippen LogP contribution in [-0.4, -0.2) is 37.4 Å². The van der Waals surface area contributed by atoms with Gasteiger partial charge in [0.2, 0.25) is 6.79 Å². The maximum Gasteiger partial charge on any atom is 0.231 e. The third-order valence-electron chi connectivity index (χ3n) is 5.87. The molecule has 0 saturated carbocycles. The predicted molar refractivity (Wildman–Crippen MR) is 98.6 cm³/mol. The van der Waals surface area contributed by atoms with Gasteiger partial charge in [-0.15, -0.1) is 0 Å². The maximum atomic E-state index is 6.51. The van der Waals surface area contributed by atoms with Crippen LogP contribution in [0.1, 0.15) is 23.7 Å². The number of nitrogens with two attached hydrogens (primary N) is 1. The fourth-order valence-electron chi connectivity index (χ4n) is 4.45. The third-order valence-corrected chi connectivity index (χ3v) is 5.87. The normalized spacial score (nSPS) is 26.9. The number of nitrogens with zero attached hydrogens (tertiary/aromatic N) is 1. The van der Waals surface area contributed by atoms with Crippen molar-refractivity contribution in [1.82, 2.24) is 4.90 Å². The Morgan fingerprint density at radius 3 is 2.88 bits per heavy atom. The van der Waals surface area contributed by atoms with E-state index in [4.69, 9.17) is 19.9 Å². The molecule has 5 nitrogen and oxygen atoms in total. The molecule has 1 unspecified atom stereocenters. The number of likely N-dealkylation sites (tertiary alicyclic amines) is 1. The highest BCUT2D eigenvalue weighted by Gasteiger charge is 2.40. The molecule has 1 fully saturated rings. The zero-order chi connectivity index (χ0) is 17.5. The lowest BCUT2D eigenvalue weighted by atomic mass is 10.1. The Balaban J connectivity index is 1.43. The molecule has 136 valence electrons. The number of benzene rings is 2. The molecule has 2 N–H and O–H groups in total. The van der Waals surface area contributed by atoms with Crippen molar-refractivity contribution < 1.29 is 14.2 Å². The van der Waals surface area contributed by atoms with E-state index in [9.17, 15) is 0 Å². The van der Waals surface area contributed by atoms with Crippen molar-refractivity contribution in [2.45, 2.75) is 25.0 Å². The van der Waals surface area contributed by atoms with E-state index < -0.39 is 0 Å². The number of hydrogen-bond donors (Lipinski definition) is 1. The fourth-order valence-corrected chi connectivity index (χ4v) is 4.45. The average Bonchev–Trinajstić information content (AvgIpc) is 3.39. The molecule has 2 heterocycles. The molecule has 3 aliphatic rings. The lowest BCUT2D eigenvalue weighted by molar-refractivity contribution is 0.0915. The highest BCUT2D eigenvalue weighted by molar-refractivity contribution is 5.47. The number of fused-ring (bicyclic) bond motifs is 2. The van der Waals surface area contributed by atoms with Gasteiger partial charge in [-0.3, -0.25) is 4.90 Å². The summed E-state index contributed by atoms with van der Waals surface area (Å²) in [5, 5.41) is 0. The van der Waals surface area contributed by atoms with Gasteiger partial charge in [0.25, 0.3) is 0 Å². The van der Waals surface area contributed by atoms with E-state index in [1.165, 1.54) is 17.5 Å². The van der Waals surface area contributed by atoms with Crippen LogP contribution in [0.2, 0.25) is 0 Å². The van der Waals surface area contributed by atoms with E-state index in [0.717, 1.165) is 43.3 Å². The van der Waals surface area contributed by atoms with Crippen LogP contribution in [-0.2, 0) is 6.42 Å². The summed E-state index contributed by atoms with van der Waals surface area (Å²) in [5.74, 6) is 2.97. The smallest absolute Gasteiger partial charge is 0.231 e. The summed E-state index contributed by atoms with van der Waals surface area (Å²) in [6.45, 7) is 3.21. The molecule has 0 amide bonds. The van der Waals surface area contributed by atoms with Crippen molar-refractivity contribution in [2.75, 3.05) is 26.4 Å². The van der Waals surface area contributed by atoms with Crippen LogP contribution >= 0.6 is 0 Å². The lowest BCUT2D eigenvalue weighted by Gasteiger charge is -2.30. The Morgan fingerprint density at radius 2 is 2.00 bits per heavy atom. The van der Waals surface area contributed by atoms with E-state index in [0.29, 0.717) is 12.0 Å². The fraction of sp³-hybridized carbons (Fsp3) is 0.429. The van der Waals surface area contributed by atoms with Crippen LogP contribution in [0.3, 0.4) is 0 Å². The lowest BCUT2D eigenvalue weighted by Crippen LogP contribution is -2.39. The van der Waals surface area contributed by atoms with E-state index >= 15 is 0 Å². The van der Waals surface area contributed by atoms with Crippen molar-refractivity contribution in [2.24, 2.45) is 11.7 Å². The molecule has 0 bridgehead atoms. The summed E-state index contributed by atoms with van der Waals surface area (Å²) in [6, 6.07) is 14.8. The summed E-state index contributed by atoms with van der Waals surface area (Å²) in [5.41, 5.74) is 8.59. The molecule has 2 aliphatic heterocycles. The number of rotatable bonds is 4. The second kappa shape index (κ2) is 6.49. The summed E-state index contributed by atoms with van der Waals surface area (Å²) in [6.07, 6.45) is 2.24. The third kappa shape index (κ3) is 2.72. The quantitative estimate of drug-likeness (QED) is 0.917. The first-order valence-electron chi connectivity index (χ1n) is 9.40. The van der Waals surface area contributed by atoms with Crippen LogP contribution in [0.5, 0.6) is 17.2 Å². The molecular formula is C21H24N2O3. The maximum absolute atomic E-state index is 6.51. The van der Waals surface area contributed by atoms with Gasteiger partial charge in [-0.2, -0.15) is 0 Å². The van der Waals surface area contributed by atoms with Gasteiger partial charge in [0.15, 0.2) is 11.5 Å². The van der Waals surface area contributed by atoms with Crippen molar-refractivity contribution in [3.8, 4) is 17.2 Å². The van der Waals surface area contributed by atoms with E-state index in [1.54, 1.807) is 0 Å². The minimum Gasteiger partial charge on any atom is -0.484 e. The van der Waals surface area contributed by atoms with Gasteiger partial charge in [-0.05, 0) is 55.1 Å². The Kier molecular flexibility index (Phi) is 3.98. The van der Waals surface area contributed by atoms with Crippen LogP contribution in [0.4, 0.5) is 0 Å². The summed E-state index contributed by atoms with van der Waals surface area (Å²) in [7, 11) is 0. The van der Waals surface area contributed by atoms with Gasteiger partial charge in [0, 0.05) is 12.6 Å². The molecule has 1 saturated heterocycles. The van der Waals surface area contributed by atoms with Crippen LogP contribution in [0.15, 0.2) is 42.5 Å². The van der Waals surface area contributed by atoms with E-state index in [1.807, 2.05) is 18.2 Å². The molecule has 0 spiro atoms. The van der Waals surface area contributed by atoms with Gasteiger partial charge in [0.1, 0.15) is 11.9 Å². The van der Waals surface area contributed by atoms with Crippen LogP contribution in [0, 0.1) is 5.92 Å². The average molecular weight is 352 g/mol. The Labute approximate surface area is 153 Å². The molecule has 0 radical (unpaired) electrons. The first-order chi connectivity index (χ1) is 12.8. The Morgan fingerprint density at radius 1 is 1.12 bits per heavy atom. The van der Waals surface area contributed by atoms with Crippen LogP contribution in [0.25, 0.3) is 0 Å². The first-order valence-corrected chi connectivity index (χ1v) is 9.40. The van der Waals surface area contributed by atoms with Crippen molar-refractivity contribution in [3.05, 3.63) is 53.6 Å². The molecule has 26 heavy (non-hydrogen) atoms. The van der Waals surface area contributed by atoms with Crippen LogP contribution < -0.4 is 19.9 Å². The predicted octanol–water partition coefficient (Wildman–Crippen LogP) is 2.74. The largest absolute Gasteiger partial charge is 0.484 e. The van der Waals surface area contributed by atoms with Crippen molar-refractivity contribution in [1.29, 1.82) is 0 Å². The second-order valence-electron chi connectivity index (χ2n) is 7.41.